The molecule has 0 bridgehead atoms. The van der Waals surface area contributed by atoms with Crippen LogP contribution in [-0.2, 0) is 6.54 Å². The number of amides is 1. The lowest BCUT2D eigenvalue weighted by Gasteiger charge is -2.34. The second-order valence-corrected chi connectivity index (χ2v) is 8.21. The molecule has 0 radical (unpaired) electrons. The number of ether oxygens (including phenoxy) is 1. The Hall–Kier alpha value is -3.28. The average Bonchev–Trinajstić information content (AvgIpc) is 3.11. The number of anilines is 1. The number of nitrogens with one attached hydrogen (secondary N) is 1. The Morgan fingerprint density at radius 3 is 2.32 bits per heavy atom. The topological polar surface area (TPSA) is 59.4 Å². The van der Waals surface area contributed by atoms with Crippen LogP contribution in [0.25, 0.3) is 0 Å². The van der Waals surface area contributed by atoms with Gasteiger partial charge in [0, 0.05) is 36.1 Å². The van der Waals surface area contributed by atoms with E-state index in [-0.39, 0.29) is 11.9 Å². The molecule has 1 aliphatic rings. The van der Waals surface area contributed by atoms with Gasteiger partial charge in [0.05, 0.1) is 19.3 Å². The van der Waals surface area contributed by atoms with Crippen molar-refractivity contribution in [3.05, 3.63) is 77.1 Å². The van der Waals surface area contributed by atoms with Crippen LogP contribution in [0.1, 0.15) is 40.2 Å². The van der Waals surface area contributed by atoms with Crippen LogP contribution >= 0.6 is 0 Å². The highest BCUT2D eigenvalue weighted by atomic mass is 16.5. The van der Waals surface area contributed by atoms with Crippen molar-refractivity contribution in [1.29, 1.82) is 0 Å². The van der Waals surface area contributed by atoms with Crippen molar-refractivity contribution in [2.24, 2.45) is 0 Å². The third-order valence-electron chi connectivity index (χ3n) is 5.92. The van der Waals surface area contributed by atoms with Crippen LogP contribution in [0.4, 0.5) is 5.69 Å². The summed E-state index contributed by atoms with van der Waals surface area (Å²) in [4.78, 5) is 15.1. The maximum Gasteiger partial charge on any atom is 0.251 e. The Balaban J connectivity index is 1.29. The molecular weight excluding hydrogens is 388 g/mol. The Morgan fingerprint density at radius 1 is 1.06 bits per heavy atom. The lowest BCUT2D eigenvalue weighted by Crippen LogP contribution is -2.44. The van der Waals surface area contributed by atoms with Gasteiger partial charge >= 0.3 is 0 Å². The molecule has 1 aromatic heterocycles. The van der Waals surface area contributed by atoms with Crippen molar-refractivity contribution in [3.63, 3.8) is 0 Å². The monoisotopic (exact) mass is 418 g/mol. The third kappa shape index (κ3) is 5.08. The molecular formula is C25H30N4O2. The van der Waals surface area contributed by atoms with Gasteiger partial charge in [0.15, 0.2) is 0 Å². The van der Waals surface area contributed by atoms with E-state index in [1.54, 1.807) is 7.11 Å². The Bertz CT molecular complexity index is 1020. The van der Waals surface area contributed by atoms with Gasteiger partial charge in [0.2, 0.25) is 0 Å². The summed E-state index contributed by atoms with van der Waals surface area (Å²) in [7, 11) is 1.68. The average molecular weight is 419 g/mol. The van der Waals surface area contributed by atoms with E-state index in [4.69, 9.17) is 4.74 Å². The lowest BCUT2D eigenvalue weighted by atomic mass is 10.0. The molecule has 0 saturated carbocycles. The molecule has 6 heteroatoms. The maximum atomic E-state index is 12.7. The van der Waals surface area contributed by atoms with Crippen molar-refractivity contribution in [3.8, 4) is 5.75 Å². The summed E-state index contributed by atoms with van der Waals surface area (Å²) in [6.07, 6.45) is 1.88. The fourth-order valence-electron chi connectivity index (χ4n) is 4.11. The minimum Gasteiger partial charge on any atom is -0.497 e. The van der Waals surface area contributed by atoms with E-state index in [1.807, 2.05) is 48.0 Å². The van der Waals surface area contributed by atoms with E-state index < -0.39 is 0 Å². The van der Waals surface area contributed by atoms with Crippen molar-refractivity contribution < 1.29 is 9.53 Å². The molecule has 3 aromatic rings. The van der Waals surface area contributed by atoms with E-state index in [9.17, 15) is 4.79 Å². The number of aryl methyl sites for hydroxylation is 2. The highest BCUT2D eigenvalue weighted by molar-refractivity contribution is 5.94. The second kappa shape index (κ2) is 9.25. The van der Waals surface area contributed by atoms with Gasteiger partial charge < -0.3 is 15.0 Å². The molecule has 0 unspecified atom stereocenters. The zero-order valence-electron chi connectivity index (χ0n) is 18.5. The number of hydrogen-bond donors (Lipinski definition) is 1. The van der Waals surface area contributed by atoms with Gasteiger partial charge in [-0.25, -0.2) is 0 Å². The van der Waals surface area contributed by atoms with Gasteiger partial charge in [0.25, 0.3) is 5.91 Å². The minimum atomic E-state index is 0.000520. The largest absolute Gasteiger partial charge is 0.497 e. The van der Waals surface area contributed by atoms with Crippen molar-refractivity contribution in [2.75, 3.05) is 25.1 Å². The fraction of sp³-hybridized carbons (Fsp3) is 0.360. The van der Waals surface area contributed by atoms with Crippen LogP contribution in [-0.4, -0.2) is 41.9 Å². The van der Waals surface area contributed by atoms with Crippen molar-refractivity contribution in [1.82, 2.24) is 15.1 Å². The number of carbonyl (C=O) groups excluding carboxylic acids is 1. The zero-order chi connectivity index (χ0) is 21.8. The van der Waals surface area contributed by atoms with Crippen LogP contribution < -0.4 is 15.0 Å². The molecule has 1 N–H and O–H groups in total. The lowest BCUT2D eigenvalue weighted by molar-refractivity contribution is 0.0931. The molecule has 1 saturated heterocycles. The number of nitrogens with zero attached hydrogens (tertiary/aromatic N) is 3. The van der Waals surface area contributed by atoms with Crippen LogP contribution in [0.3, 0.4) is 0 Å². The summed E-state index contributed by atoms with van der Waals surface area (Å²) in [6, 6.07) is 18.3. The predicted octanol–water partition coefficient (Wildman–Crippen LogP) is 3.96. The summed E-state index contributed by atoms with van der Waals surface area (Å²) >= 11 is 0. The van der Waals surface area contributed by atoms with Crippen LogP contribution in [0.5, 0.6) is 5.75 Å². The molecule has 31 heavy (non-hydrogen) atoms. The van der Waals surface area contributed by atoms with Gasteiger partial charge in [-0.15, -0.1) is 0 Å². The first kappa shape index (κ1) is 21.0. The Kier molecular flexibility index (Phi) is 6.26. The number of hydrogen-bond acceptors (Lipinski definition) is 4. The molecule has 0 atom stereocenters. The van der Waals surface area contributed by atoms with E-state index in [2.05, 4.69) is 40.4 Å². The molecule has 2 heterocycles. The summed E-state index contributed by atoms with van der Waals surface area (Å²) in [5, 5.41) is 7.71. The number of rotatable bonds is 6. The normalized spacial score (nSPS) is 14.5. The van der Waals surface area contributed by atoms with Gasteiger partial charge in [-0.05, 0) is 74.7 Å². The standard InChI is InChI=1S/C25H30N4O2/c1-18-16-19(2)29(27-18)17-20-4-6-21(7-5-20)25(30)26-22-12-14-28(15-13-22)23-8-10-24(31-3)11-9-23/h4-11,16,22H,12-15,17H2,1-3H3,(H,26,30). The zero-order valence-corrected chi connectivity index (χ0v) is 18.5. The first-order valence-electron chi connectivity index (χ1n) is 10.8. The van der Waals surface area contributed by atoms with Crippen LogP contribution in [0.15, 0.2) is 54.6 Å². The highest BCUT2D eigenvalue weighted by Gasteiger charge is 2.21. The van der Waals surface area contributed by atoms with Gasteiger partial charge in [-0.2, -0.15) is 5.10 Å². The van der Waals surface area contributed by atoms with E-state index >= 15 is 0 Å². The molecule has 1 fully saturated rings. The quantitative estimate of drug-likeness (QED) is 0.658. The van der Waals surface area contributed by atoms with E-state index in [1.165, 1.54) is 5.69 Å². The molecule has 2 aromatic carbocycles. The predicted molar refractivity (Wildman–Crippen MR) is 123 cm³/mol. The van der Waals surface area contributed by atoms with Gasteiger partial charge in [-0.3, -0.25) is 9.48 Å². The van der Waals surface area contributed by atoms with E-state index in [0.29, 0.717) is 12.1 Å². The molecule has 1 aliphatic heterocycles. The van der Waals surface area contributed by atoms with Crippen LogP contribution in [0, 0.1) is 13.8 Å². The second-order valence-electron chi connectivity index (χ2n) is 8.21. The van der Waals surface area contributed by atoms with E-state index in [0.717, 1.165) is 48.6 Å². The summed E-state index contributed by atoms with van der Waals surface area (Å²) in [5.41, 5.74) is 5.20. The molecule has 0 spiro atoms. The fourth-order valence-corrected chi connectivity index (χ4v) is 4.11. The molecule has 0 aliphatic carbocycles. The van der Waals surface area contributed by atoms with Crippen molar-refractivity contribution in [2.45, 2.75) is 39.3 Å². The molecule has 4 rings (SSSR count). The Labute approximate surface area is 183 Å². The molecule has 1 amide bonds. The number of methoxy groups -OCH3 is 1. The molecule has 6 nitrogen and oxygen atoms in total. The SMILES string of the molecule is COc1ccc(N2CCC(NC(=O)c3ccc(Cn4nc(C)cc4C)cc3)CC2)cc1. The third-order valence-corrected chi connectivity index (χ3v) is 5.92. The smallest absolute Gasteiger partial charge is 0.251 e. The number of aromatic nitrogens is 2. The summed E-state index contributed by atoms with van der Waals surface area (Å²) in [6.45, 7) is 6.63. The first-order chi connectivity index (χ1) is 15.0. The van der Waals surface area contributed by atoms with Crippen LogP contribution in [0.2, 0.25) is 0 Å². The number of benzene rings is 2. The van der Waals surface area contributed by atoms with Gasteiger partial charge in [0.1, 0.15) is 5.75 Å². The van der Waals surface area contributed by atoms with Crippen molar-refractivity contribution >= 4 is 11.6 Å². The first-order valence-corrected chi connectivity index (χ1v) is 10.8. The highest BCUT2D eigenvalue weighted by Crippen LogP contribution is 2.23. The Morgan fingerprint density at radius 2 is 1.74 bits per heavy atom. The summed E-state index contributed by atoms with van der Waals surface area (Å²) < 4.78 is 7.22. The maximum absolute atomic E-state index is 12.7. The minimum absolute atomic E-state index is 0.000520. The molecule has 162 valence electrons. The van der Waals surface area contributed by atoms with Gasteiger partial charge in [-0.1, -0.05) is 12.1 Å². The number of carbonyl (C=O) groups is 1. The summed E-state index contributed by atoms with van der Waals surface area (Å²) in [5.74, 6) is 0.868. The number of piperidine rings is 1.